The maximum atomic E-state index is 12.4. The van der Waals surface area contributed by atoms with Crippen molar-refractivity contribution < 1.29 is 22.6 Å². The van der Waals surface area contributed by atoms with Gasteiger partial charge in [-0.2, -0.15) is 5.10 Å². The van der Waals surface area contributed by atoms with E-state index in [1.807, 2.05) is 13.0 Å². The molecule has 3 aliphatic heterocycles. The third-order valence-electron chi connectivity index (χ3n) is 7.55. The van der Waals surface area contributed by atoms with Gasteiger partial charge in [-0.05, 0) is 70.0 Å². The Morgan fingerprint density at radius 3 is 2.09 bits per heavy atom. The molecule has 0 saturated carbocycles. The molecule has 0 spiro atoms. The smallest absolute Gasteiger partial charge is 0.406 e. The average Bonchev–Trinajstić information content (AvgIpc) is 3.26. The zero-order valence-electron chi connectivity index (χ0n) is 20.2. The third-order valence-corrected chi connectivity index (χ3v) is 7.55. The highest BCUT2D eigenvalue weighted by Gasteiger charge is 2.32. The SMILES string of the molecule is Cc1cc(N2CCN(C3CCN(C4CCOCC4)CC3)CC2)nn1-c1ccc(OC(F)(F)F)cc1. The molecule has 0 atom stereocenters. The molecule has 0 radical (unpaired) electrons. The molecule has 3 fully saturated rings. The standard InChI is InChI=1S/C25H34F3N5O2/c1-19-18-24(29-33(19)22-2-4-23(5-3-22)35-25(26,27)28)32-14-12-31(13-15-32)20-6-10-30(11-7-20)21-8-16-34-17-9-21/h2-5,18,20-21H,6-17H2,1H3. The van der Waals surface area contributed by atoms with E-state index in [4.69, 9.17) is 9.84 Å². The van der Waals surface area contributed by atoms with E-state index >= 15 is 0 Å². The van der Waals surface area contributed by atoms with Crippen molar-refractivity contribution >= 4 is 5.82 Å². The van der Waals surface area contributed by atoms with E-state index < -0.39 is 6.36 Å². The van der Waals surface area contributed by atoms with Crippen molar-refractivity contribution in [2.75, 3.05) is 57.4 Å². The largest absolute Gasteiger partial charge is 0.573 e. The first-order valence-corrected chi connectivity index (χ1v) is 12.6. The van der Waals surface area contributed by atoms with Gasteiger partial charge in [-0.15, -0.1) is 13.2 Å². The Morgan fingerprint density at radius 1 is 0.857 bits per heavy atom. The zero-order chi connectivity index (χ0) is 24.4. The second-order valence-corrected chi connectivity index (χ2v) is 9.73. The first-order chi connectivity index (χ1) is 16.9. The van der Waals surface area contributed by atoms with E-state index in [-0.39, 0.29) is 5.75 Å². The van der Waals surface area contributed by atoms with Crippen LogP contribution in [0.25, 0.3) is 5.69 Å². The van der Waals surface area contributed by atoms with Crippen LogP contribution in [0.4, 0.5) is 19.0 Å². The van der Waals surface area contributed by atoms with Gasteiger partial charge >= 0.3 is 6.36 Å². The summed E-state index contributed by atoms with van der Waals surface area (Å²) >= 11 is 0. The van der Waals surface area contributed by atoms with Gasteiger partial charge in [0.2, 0.25) is 0 Å². The number of piperidine rings is 1. The van der Waals surface area contributed by atoms with Crippen molar-refractivity contribution in [1.82, 2.24) is 19.6 Å². The number of ether oxygens (including phenoxy) is 2. The average molecular weight is 494 g/mol. The molecule has 0 aliphatic carbocycles. The number of hydrogen-bond acceptors (Lipinski definition) is 6. The van der Waals surface area contributed by atoms with Gasteiger partial charge in [0.05, 0.1) is 5.69 Å². The lowest BCUT2D eigenvalue weighted by Crippen LogP contribution is -2.54. The van der Waals surface area contributed by atoms with Crippen LogP contribution in [-0.2, 0) is 4.74 Å². The van der Waals surface area contributed by atoms with Gasteiger partial charge in [-0.1, -0.05) is 0 Å². The van der Waals surface area contributed by atoms with Gasteiger partial charge < -0.3 is 19.3 Å². The summed E-state index contributed by atoms with van der Waals surface area (Å²) in [5.74, 6) is 0.674. The summed E-state index contributed by atoms with van der Waals surface area (Å²) in [6.07, 6.45) is 0.111. The number of aromatic nitrogens is 2. The summed E-state index contributed by atoms with van der Waals surface area (Å²) in [5, 5.41) is 4.75. The van der Waals surface area contributed by atoms with E-state index in [1.54, 1.807) is 16.8 Å². The Kier molecular flexibility index (Phi) is 7.22. The quantitative estimate of drug-likeness (QED) is 0.631. The first kappa shape index (κ1) is 24.4. The predicted molar refractivity (Wildman–Crippen MR) is 127 cm³/mol. The molecule has 7 nitrogen and oxygen atoms in total. The van der Waals surface area contributed by atoms with Crippen molar-refractivity contribution in [2.45, 2.75) is 51.1 Å². The van der Waals surface area contributed by atoms with Crippen LogP contribution >= 0.6 is 0 Å². The topological polar surface area (TPSA) is 46.0 Å². The van der Waals surface area contributed by atoms with Crippen LogP contribution in [0, 0.1) is 6.92 Å². The van der Waals surface area contributed by atoms with Crippen LogP contribution in [0.5, 0.6) is 5.75 Å². The second kappa shape index (κ2) is 10.4. The molecule has 1 aromatic heterocycles. The Balaban J connectivity index is 1.14. The van der Waals surface area contributed by atoms with Gasteiger partial charge in [0, 0.05) is 63.2 Å². The van der Waals surface area contributed by atoms with Gasteiger partial charge in [-0.3, -0.25) is 4.90 Å². The molecule has 35 heavy (non-hydrogen) atoms. The third kappa shape index (κ3) is 5.92. The maximum Gasteiger partial charge on any atom is 0.573 e. The number of rotatable bonds is 5. The molecule has 3 saturated heterocycles. The van der Waals surface area contributed by atoms with Gasteiger partial charge in [-0.25, -0.2) is 4.68 Å². The van der Waals surface area contributed by atoms with Crippen molar-refractivity contribution in [1.29, 1.82) is 0 Å². The lowest BCUT2D eigenvalue weighted by molar-refractivity contribution is -0.274. The number of benzene rings is 1. The van der Waals surface area contributed by atoms with Crippen LogP contribution in [-0.4, -0.2) is 90.5 Å². The molecule has 5 rings (SSSR count). The number of aryl methyl sites for hydroxylation is 1. The second-order valence-electron chi connectivity index (χ2n) is 9.73. The Bertz CT molecular complexity index is 958. The minimum Gasteiger partial charge on any atom is -0.406 e. The Hall–Kier alpha value is -2.30. The molecule has 0 bridgehead atoms. The van der Waals surface area contributed by atoms with Crippen LogP contribution in [0.3, 0.4) is 0 Å². The fourth-order valence-electron chi connectivity index (χ4n) is 5.65. The number of nitrogens with zero attached hydrogens (tertiary/aromatic N) is 5. The molecule has 0 N–H and O–H groups in total. The highest BCUT2D eigenvalue weighted by molar-refractivity contribution is 5.45. The molecule has 1 aromatic carbocycles. The molecule has 4 heterocycles. The maximum absolute atomic E-state index is 12.4. The summed E-state index contributed by atoms with van der Waals surface area (Å²) < 4.78 is 48.5. The van der Waals surface area contributed by atoms with Crippen molar-refractivity contribution in [2.24, 2.45) is 0 Å². The van der Waals surface area contributed by atoms with E-state index in [0.29, 0.717) is 17.8 Å². The summed E-state index contributed by atoms with van der Waals surface area (Å²) in [4.78, 5) is 7.62. The van der Waals surface area contributed by atoms with Crippen molar-refractivity contribution in [3.05, 3.63) is 36.0 Å². The van der Waals surface area contributed by atoms with Gasteiger partial charge in [0.1, 0.15) is 5.75 Å². The minimum absolute atomic E-state index is 0.235. The number of piperazine rings is 1. The van der Waals surface area contributed by atoms with E-state index in [2.05, 4.69) is 19.4 Å². The monoisotopic (exact) mass is 493 g/mol. The van der Waals surface area contributed by atoms with E-state index in [1.165, 1.54) is 50.9 Å². The van der Waals surface area contributed by atoms with Crippen LogP contribution in [0.2, 0.25) is 0 Å². The molecule has 10 heteroatoms. The van der Waals surface area contributed by atoms with Crippen LogP contribution in [0.1, 0.15) is 31.4 Å². The molecule has 192 valence electrons. The highest BCUT2D eigenvalue weighted by Crippen LogP contribution is 2.27. The van der Waals surface area contributed by atoms with E-state index in [0.717, 1.165) is 50.9 Å². The molecule has 0 amide bonds. The fraction of sp³-hybridized carbons (Fsp3) is 0.640. The fourth-order valence-corrected chi connectivity index (χ4v) is 5.65. The number of halogens is 3. The number of likely N-dealkylation sites (tertiary alicyclic amines) is 1. The molecular formula is C25H34F3N5O2. The summed E-state index contributed by atoms with van der Waals surface area (Å²) in [6, 6.07) is 9.22. The number of anilines is 1. The van der Waals surface area contributed by atoms with Crippen LogP contribution in [0.15, 0.2) is 30.3 Å². The Labute approximate surface area is 204 Å². The minimum atomic E-state index is -4.69. The summed E-state index contributed by atoms with van der Waals surface area (Å²) in [6.45, 7) is 10.0. The lowest BCUT2D eigenvalue weighted by atomic mass is 9.98. The molecule has 3 aliphatic rings. The first-order valence-electron chi connectivity index (χ1n) is 12.6. The van der Waals surface area contributed by atoms with Gasteiger partial charge in [0.15, 0.2) is 5.82 Å². The Morgan fingerprint density at radius 2 is 1.46 bits per heavy atom. The number of hydrogen-bond donors (Lipinski definition) is 0. The predicted octanol–water partition coefficient (Wildman–Crippen LogP) is 3.84. The molecule has 2 aromatic rings. The van der Waals surface area contributed by atoms with Crippen molar-refractivity contribution in [3.63, 3.8) is 0 Å². The molecular weight excluding hydrogens is 459 g/mol. The summed E-state index contributed by atoms with van der Waals surface area (Å²) in [7, 11) is 0. The summed E-state index contributed by atoms with van der Waals surface area (Å²) in [5.41, 5.74) is 1.64. The zero-order valence-corrected chi connectivity index (χ0v) is 20.2. The highest BCUT2D eigenvalue weighted by atomic mass is 19.4. The van der Waals surface area contributed by atoms with E-state index in [9.17, 15) is 13.2 Å². The normalized spacial score (nSPS) is 22.0. The molecule has 0 unspecified atom stereocenters. The van der Waals surface area contributed by atoms with Gasteiger partial charge in [0.25, 0.3) is 0 Å². The van der Waals surface area contributed by atoms with Crippen molar-refractivity contribution in [3.8, 4) is 11.4 Å². The number of alkyl halides is 3. The lowest BCUT2D eigenvalue weighted by Gasteiger charge is -2.45. The van der Waals surface area contributed by atoms with Crippen LogP contribution < -0.4 is 9.64 Å².